The lowest BCUT2D eigenvalue weighted by Gasteiger charge is -2.25. The van der Waals surface area contributed by atoms with Crippen molar-refractivity contribution < 1.29 is 28.5 Å². The van der Waals surface area contributed by atoms with E-state index in [1.165, 1.54) is 27.4 Å². The van der Waals surface area contributed by atoms with Crippen molar-refractivity contribution >= 4 is 23.8 Å². The fraction of sp³-hybridized carbons (Fsp3) is 0.156. The summed E-state index contributed by atoms with van der Waals surface area (Å²) in [7, 11) is 4.33. The molecule has 1 aliphatic heterocycles. The first kappa shape index (κ1) is 28.0. The molecule has 0 fully saturated rings. The third-order valence-electron chi connectivity index (χ3n) is 6.67. The number of ether oxygens (including phenoxy) is 4. The highest BCUT2D eigenvalue weighted by Gasteiger charge is 2.39. The van der Waals surface area contributed by atoms with E-state index in [4.69, 9.17) is 18.9 Å². The molecule has 0 aliphatic carbocycles. The van der Waals surface area contributed by atoms with Gasteiger partial charge in [0.05, 0.1) is 32.7 Å². The number of hydrogen-bond donors (Lipinski definition) is 1. The van der Waals surface area contributed by atoms with Gasteiger partial charge in [0.2, 0.25) is 0 Å². The molecule has 10 heteroatoms. The van der Waals surface area contributed by atoms with E-state index in [9.17, 15) is 9.59 Å². The highest BCUT2D eigenvalue weighted by molar-refractivity contribution is 6.04. The van der Waals surface area contributed by atoms with Crippen molar-refractivity contribution in [2.24, 2.45) is 4.99 Å². The molecule has 212 valence electrons. The first-order chi connectivity index (χ1) is 20.5. The molecule has 0 bridgehead atoms. The third-order valence-corrected chi connectivity index (χ3v) is 6.67. The zero-order chi connectivity index (χ0) is 29.5. The van der Waals surface area contributed by atoms with Gasteiger partial charge >= 0.3 is 5.97 Å². The molecule has 1 atom stereocenters. The van der Waals surface area contributed by atoms with E-state index in [1.54, 1.807) is 73.2 Å². The van der Waals surface area contributed by atoms with Crippen LogP contribution in [0.3, 0.4) is 0 Å². The zero-order valence-corrected chi connectivity index (χ0v) is 23.2. The highest BCUT2D eigenvalue weighted by Crippen LogP contribution is 2.38. The van der Waals surface area contributed by atoms with Crippen molar-refractivity contribution in [3.05, 3.63) is 120 Å². The van der Waals surface area contributed by atoms with E-state index in [-0.39, 0.29) is 11.3 Å². The summed E-state index contributed by atoms with van der Waals surface area (Å²) in [5.41, 5.74) is 0.875. The first-order valence-electron chi connectivity index (χ1n) is 13.0. The summed E-state index contributed by atoms with van der Waals surface area (Å²) in [4.78, 5) is 40.0. The fourth-order valence-electron chi connectivity index (χ4n) is 4.56. The SMILES string of the molecule is COC(=O)c1cc(NC(=O)C2(c3ccc(OC)c(OC)c3)C=CC=N2)ccc1OC(c1ccccn1)c1ccccn1. The maximum atomic E-state index is 13.8. The van der Waals surface area contributed by atoms with Crippen LogP contribution in [0, 0.1) is 0 Å². The number of methoxy groups -OCH3 is 3. The molecule has 2 aromatic carbocycles. The molecular formula is C32H28N4O6. The van der Waals surface area contributed by atoms with Crippen molar-refractivity contribution in [1.82, 2.24) is 9.97 Å². The number of rotatable bonds is 10. The first-order valence-corrected chi connectivity index (χ1v) is 13.0. The topological polar surface area (TPSA) is 121 Å². The molecule has 2 aromatic heterocycles. The second kappa shape index (κ2) is 12.3. The van der Waals surface area contributed by atoms with Crippen LogP contribution in [0.15, 0.2) is 102 Å². The lowest BCUT2D eigenvalue weighted by molar-refractivity contribution is -0.119. The smallest absolute Gasteiger partial charge is 0.341 e. The molecule has 0 saturated carbocycles. The maximum Gasteiger partial charge on any atom is 0.341 e. The molecule has 1 amide bonds. The van der Waals surface area contributed by atoms with Crippen molar-refractivity contribution in [1.29, 1.82) is 0 Å². The Hall–Kier alpha value is -5.51. The molecule has 10 nitrogen and oxygen atoms in total. The summed E-state index contributed by atoms with van der Waals surface area (Å²) in [5, 5.41) is 2.89. The van der Waals surface area contributed by atoms with Crippen LogP contribution in [0.25, 0.3) is 0 Å². The lowest BCUT2D eigenvalue weighted by atomic mass is 9.89. The number of allylic oxidation sites excluding steroid dienone is 1. The van der Waals surface area contributed by atoms with Gasteiger partial charge in [0.15, 0.2) is 23.1 Å². The van der Waals surface area contributed by atoms with Crippen LogP contribution in [0.5, 0.6) is 17.2 Å². The van der Waals surface area contributed by atoms with Crippen molar-refractivity contribution in [3.63, 3.8) is 0 Å². The summed E-state index contributed by atoms with van der Waals surface area (Å²) < 4.78 is 22.2. The maximum absolute atomic E-state index is 13.8. The summed E-state index contributed by atoms with van der Waals surface area (Å²) in [6.45, 7) is 0. The molecule has 42 heavy (non-hydrogen) atoms. The molecular weight excluding hydrogens is 536 g/mol. The second-order valence-electron chi connectivity index (χ2n) is 9.14. The Kier molecular flexibility index (Phi) is 8.24. The molecule has 0 radical (unpaired) electrons. The van der Waals surface area contributed by atoms with Gasteiger partial charge < -0.3 is 24.3 Å². The van der Waals surface area contributed by atoms with Crippen LogP contribution in [0.2, 0.25) is 0 Å². The van der Waals surface area contributed by atoms with Crippen LogP contribution in [-0.4, -0.2) is 49.4 Å². The van der Waals surface area contributed by atoms with Crippen LogP contribution in [-0.2, 0) is 15.1 Å². The minimum atomic E-state index is -1.36. The molecule has 3 heterocycles. The molecule has 0 saturated heterocycles. The number of pyridine rings is 2. The Balaban J connectivity index is 1.48. The van der Waals surface area contributed by atoms with Crippen molar-refractivity contribution in [2.75, 3.05) is 26.6 Å². The Morgan fingerprint density at radius 3 is 2.07 bits per heavy atom. The summed E-state index contributed by atoms with van der Waals surface area (Å²) >= 11 is 0. The Morgan fingerprint density at radius 1 is 0.810 bits per heavy atom. The number of amides is 1. The summed E-state index contributed by atoms with van der Waals surface area (Å²) in [6.07, 6.45) is 7.55. The normalized spacial score (nSPS) is 15.3. The van der Waals surface area contributed by atoms with Gasteiger partial charge in [0.1, 0.15) is 11.3 Å². The van der Waals surface area contributed by atoms with E-state index in [0.717, 1.165) is 0 Å². The van der Waals surface area contributed by atoms with Crippen LogP contribution < -0.4 is 19.5 Å². The molecule has 0 spiro atoms. The van der Waals surface area contributed by atoms with Gasteiger partial charge in [0.25, 0.3) is 5.91 Å². The molecule has 1 N–H and O–H groups in total. The number of carbonyl (C=O) groups is 2. The van der Waals surface area contributed by atoms with E-state index >= 15 is 0 Å². The molecule has 4 aromatic rings. The van der Waals surface area contributed by atoms with Gasteiger partial charge in [-0.2, -0.15) is 0 Å². The van der Waals surface area contributed by atoms with E-state index in [2.05, 4.69) is 20.3 Å². The number of benzene rings is 2. The Labute approximate surface area is 242 Å². The molecule has 5 rings (SSSR count). The second-order valence-corrected chi connectivity index (χ2v) is 9.14. The fourth-order valence-corrected chi connectivity index (χ4v) is 4.56. The number of nitrogens with one attached hydrogen (secondary N) is 1. The van der Waals surface area contributed by atoms with Crippen LogP contribution in [0.1, 0.15) is 33.4 Å². The van der Waals surface area contributed by atoms with E-state index in [1.807, 2.05) is 24.3 Å². The quantitative estimate of drug-likeness (QED) is 0.269. The molecule has 1 unspecified atom stereocenters. The van der Waals surface area contributed by atoms with Gasteiger partial charge in [-0.05, 0) is 72.3 Å². The number of esters is 1. The van der Waals surface area contributed by atoms with Gasteiger partial charge in [-0.3, -0.25) is 19.8 Å². The average Bonchev–Trinajstić information content (AvgIpc) is 3.55. The zero-order valence-electron chi connectivity index (χ0n) is 23.2. The highest BCUT2D eigenvalue weighted by atomic mass is 16.5. The van der Waals surface area contributed by atoms with Crippen molar-refractivity contribution in [3.8, 4) is 17.2 Å². The minimum Gasteiger partial charge on any atom is -0.493 e. The number of anilines is 1. The van der Waals surface area contributed by atoms with Gasteiger partial charge in [-0.25, -0.2) is 4.79 Å². The van der Waals surface area contributed by atoms with Crippen LogP contribution >= 0.6 is 0 Å². The largest absolute Gasteiger partial charge is 0.493 e. The number of aromatic nitrogens is 2. The minimum absolute atomic E-state index is 0.109. The molecule has 1 aliphatic rings. The number of carbonyl (C=O) groups excluding carboxylic acids is 2. The van der Waals surface area contributed by atoms with Gasteiger partial charge in [-0.15, -0.1) is 0 Å². The summed E-state index contributed by atoms with van der Waals surface area (Å²) in [6, 6.07) is 20.8. The van der Waals surface area contributed by atoms with E-state index < -0.39 is 23.5 Å². The van der Waals surface area contributed by atoms with Gasteiger partial charge in [0, 0.05) is 24.3 Å². The third kappa shape index (κ3) is 5.55. The number of aliphatic imine (C=N–C) groups is 1. The predicted octanol–water partition coefficient (Wildman–Crippen LogP) is 4.92. The van der Waals surface area contributed by atoms with E-state index in [0.29, 0.717) is 34.1 Å². The Morgan fingerprint density at radius 2 is 1.50 bits per heavy atom. The standard InChI is InChI=1S/C32H28N4O6/c1-39-27-13-11-21(19-28(27)40-2)32(15-8-18-35-32)31(38)36-22-12-14-26(23(20-22)30(37)41-3)42-29(24-9-4-6-16-33-24)25-10-5-7-17-34-25/h4-20,29H,1-3H3,(H,36,38). The monoisotopic (exact) mass is 564 g/mol. The summed E-state index contributed by atoms with van der Waals surface area (Å²) in [5.74, 6) is 0.132. The lowest BCUT2D eigenvalue weighted by Crippen LogP contribution is -2.36. The number of nitrogens with zero attached hydrogens (tertiary/aromatic N) is 3. The Bertz CT molecular complexity index is 1590. The number of hydrogen-bond acceptors (Lipinski definition) is 9. The van der Waals surface area contributed by atoms with Crippen LogP contribution in [0.4, 0.5) is 5.69 Å². The predicted molar refractivity (Wildman–Crippen MR) is 156 cm³/mol. The van der Waals surface area contributed by atoms with Crippen molar-refractivity contribution in [2.45, 2.75) is 11.6 Å². The average molecular weight is 565 g/mol. The van der Waals surface area contributed by atoms with Gasteiger partial charge in [-0.1, -0.05) is 18.2 Å².